The van der Waals surface area contributed by atoms with E-state index in [9.17, 15) is 12.8 Å². The summed E-state index contributed by atoms with van der Waals surface area (Å²) in [4.78, 5) is 0.355. The molecule has 0 saturated heterocycles. The normalized spacial score (nSPS) is 24.7. The molecule has 2 unspecified atom stereocenters. The van der Waals surface area contributed by atoms with Gasteiger partial charge in [0.15, 0.2) is 9.84 Å². The van der Waals surface area contributed by atoms with Gasteiger partial charge in [0.1, 0.15) is 5.82 Å². The molecule has 3 nitrogen and oxygen atoms in total. The van der Waals surface area contributed by atoms with E-state index in [-0.39, 0.29) is 17.6 Å². The van der Waals surface area contributed by atoms with Crippen molar-refractivity contribution in [3.63, 3.8) is 0 Å². The fraction of sp³-hybridized carbons (Fsp3) is 0.429. The van der Waals surface area contributed by atoms with Crippen LogP contribution in [-0.4, -0.2) is 19.7 Å². The predicted octanol–water partition coefficient (Wildman–Crippen LogP) is 4.63. The summed E-state index contributed by atoms with van der Waals surface area (Å²) in [6.07, 6.45) is 3.43. The van der Waals surface area contributed by atoms with E-state index >= 15 is 0 Å². The van der Waals surface area contributed by atoms with Gasteiger partial charge in [-0.3, -0.25) is 5.32 Å². The molecule has 2 aromatic rings. The molecule has 1 N–H and O–H groups in total. The number of hydrogen-bond donors (Lipinski definition) is 1. The molecule has 0 saturated carbocycles. The maximum atomic E-state index is 13.9. The van der Waals surface area contributed by atoms with Crippen molar-refractivity contribution in [1.29, 1.82) is 0 Å². The van der Waals surface area contributed by atoms with Crippen LogP contribution in [0.2, 0.25) is 0 Å². The van der Waals surface area contributed by atoms with Crippen molar-refractivity contribution in [2.24, 2.45) is 0 Å². The van der Waals surface area contributed by atoms with Crippen molar-refractivity contribution in [2.75, 3.05) is 5.75 Å². The second kappa shape index (κ2) is 7.49. The fourth-order valence-corrected chi connectivity index (χ4v) is 6.00. The zero-order chi connectivity index (χ0) is 18.8. The SMILES string of the molecule is CCCCC1(CC)CS(=O)(=O)c2ccccc2C(c2cccc(F)c2)N1. The Morgan fingerprint density at radius 3 is 2.62 bits per heavy atom. The first-order valence-electron chi connectivity index (χ1n) is 9.25. The number of halogens is 1. The van der Waals surface area contributed by atoms with Gasteiger partial charge >= 0.3 is 0 Å². The van der Waals surface area contributed by atoms with E-state index in [1.165, 1.54) is 12.1 Å². The Hall–Kier alpha value is -1.72. The lowest BCUT2D eigenvalue weighted by atomic mass is 9.88. The summed E-state index contributed by atoms with van der Waals surface area (Å²) in [5.41, 5.74) is 0.930. The molecule has 0 fully saturated rings. The van der Waals surface area contributed by atoms with Crippen LogP contribution >= 0.6 is 0 Å². The molecule has 3 rings (SSSR count). The first kappa shape index (κ1) is 19.1. The van der Waals surface area contributed by atoms with Crippen LogP contribution in [0.1, 0.15) is 56.7 Å². The van der Waals surface area contributed by atoms with Gasteiger partial charge in [0, 0.05) is 5.54 Å². The molecule has 2 aromatic carbocycles. The molecule has 5 heteroatoms. The van der Waals surface area contributed by atoms with E-state index in [1.807, 2.05) is 25.1 Å². The van der Waals surface area contributed by atoms with Crippen molar-refractivity contribution < 1.29 is 12.8 Å². The lowest BCUT2D eigenvalue weighted by Crippen LogP contribution is -2.50. The first-order valence-corrected chi connectivity index (χ1v) is 10.9. The van der Waals surface area contributed by atoms with Gasteiger partial charge in [-0.25, -0.2) is 12.8 Å². The van der Waals surface area contributed by atoms with E-state index in [4.69, 9.17) is 0 Å². The zero-order valence-corrected chi connectivity index (χ0v) is 16.2. The second-order valence-electron chi connectivity index (χ2n) is 7.17. The van der Waals surface area contributed by atoms with Gasteiger partial charge in [0.2, 0.25) is 0 Å². The molecule has 1 heterocycles. The highest BCUT2D eigenvalue weighted by molar-refractivity contribution is 7.91. The monoisotopic (exact) mass is 375 g/mol. The van der Waals surface area contributed by atoms with Crippen molar-refractivity contribution in [3.05, 3.63) is 65.5 Å². The third-order valence-electron chi connectivity index (χ3n) is 5.35. The molecule has 26 heavy (non-hydrogen) atoms. The van der Waals surface area contributed by atoms with Gasteiger partial charge in [-0.15, -0.1) is 0 Å². The Morgan fingerprint density at radius 1 is 1.15 bits per heavy atom. The van der Waals surface area contributed by atoms with Gasteiger partial charge in [0.05, 0.1) is 16.7 Å². The maximum Gasteiger partial charge on any atom is 0.180 e. The van der Waals surface area contributed by atoms with Crippen LogP contribution in [0, 0.1) is 5.82 Å². The Balaban J connectivity index is 2.19. The minimum atomic E-state index is -3.44. The average molecular weight is 376 g/mol. The molecular weight excluding hydrogens is 349 g/mol. The van der Waals surface area contributed by atoms with Crippen molar-refractivity contribution in [1.82, 2.24) is 5.32 Å². The Morgan fingerprint density at radius 2 is 1.92 bits per heavy atom. The zero-order valence-electron chi connectivity index (χ0n) is 15.3. The van der Waals surface area contributed by atoms with Crippen LogP contribution in [0.25, 0.3) is 0 Å². The smallest absolute Gasteiger partial charge is 0.180 e. The number of sulfone groups is 1. The third-order valence-corrected chi connectivity index (χ3v) is 7.32. The summed E-state index contributed by atoms with van der Waals surface area (Å²) in [7, 11) is -3.44. The summed E-state index contributed by atoms with van der Waals surface area (Å²) < 4.78 is 40.2. The number of fused-ring (bicyclic) bond motifs is 1. The molecule has 1 aliphatic rings. The van der Waals surface area contributed by atoms with E-state index < -0.39 is 15.4 Å². The van der Waals surface area contributed by atoms with Gasteiger partial charge in [-0.05, 0) is 42.2 Å². The van der Waals surface area contributed by atoms with E-state index in [0.29, 0.717) is 16.9 Å². The van der Waals surface area contributed by atoms with Crippen molar-refractivity contribution in [2.45, 2.75) is 56.0 Å². The maximum absolute atomic E-state index is 13.9. The summed E-state index contributed by atoms with van der Waals surface area (Å²) in [6.45, 7) is 4.13. The molecule has 0 spiro atoms. The van der Waals surface area contributed by atoms with Crippen molar-refractivity contribution in [3.8, 4) is 0 Å². The Labute approximate surface area is 155 Å². The Bertz CT molecular complexity index is 881. The topological polar surface area (TPSA) is 46.2 Å². The molecule has 2 atom stereocenters. The molecule has 0 radical (unpaired) electrons. The molecule has 0 bridgehead atoms. The number of nitrogens with one attached hydrogen (secondary N) is 1. The summed E-state index contributed by atoms with van der Waals surface area (Å²) in [6, 6.07) is 13.2. The number of rotatable bonds is 5. The molecule has 1 aliphatic heterocycles. The summed E-state index contributed by atoms with van der Waals surface area (Å²) in [5, 5.41) is 3.62. The van der Waals surface area contributed by atoms with Crippen LogP contribution in [0.4, 0.5) is 4.39 Å². The quantitative estimate of drug-likeness (QED) is 0.829. The van der Waals surface area contributed by atoms with Crippen LogP contribution < -0.4 is 5.32 Å². The predicted molar refractivity (Wildman–Crippen MR) is 102 cm³/mol. The van der Waals surface area contributed by atoms with Gasteiger partial charge in [-0.2, -0.15) is 0 Å². The highest BCUT2D eigenvalue weighted by Crippen LogP contribution is 2.38. The van der Waals surface area contributed by atoms with E-state index in [2.05, 4.69) is 12.2 Å². The largest absolute Gasteiger partial charge is 0.300 e. The molecule has 0 aliphatic carbocycles. The highest BCUT2D eigenvalue weighted by atomic mass is 32.2. The second-order valence-corrected chi connectivity index (χ2v) is 9.12. The van der Waals surface area contributed by atoms with Gasteiger partial charge < -0.3 is 0 Å². The number of unbranched alkanes of at least 4 members (excludes halogenated alkanes) is 1. The van der Waals surface area contributed by atoms with Crippen molar-refractivity contribution >= 4 is 9.84 Å². The van der Waals surface area contributed by atoms with Gasteiger partial charge in [0.25, 0.3) is 0 Å². The van der Waals surface area contributed by atoms with E-state index in [1.54, 1.807) is 18.2 Å². The summed E-state index contributed by atoms with van der Waals surface area (Å²) in [5.74, 6) is -0.246. The third kappa shape index (κ3) is 3.69. The van der Waals surface area contributed by atoms with Crippen LogP contribution in [0.5, 0.6) is 0 Å². The highest BCUT2D eigenvalue weighted by Gasteiger charge is 2.41. The van der Waals surface area contributed by atoms with E-state index in [0.717, 1.165) is 24.8 Å². The molecule has 0 amide bonds. The number of hydrogen-bond acceptors (Lipinski definition) is 3. The Kier molecular flexibility index (Phi) is 5.49. The van der Waals surface area contributed by atoms with Crippen LogP contribution in [0.3, 0.4) is 0 Å². The molecule has 0 aromatic heterocycles. The standard InChI is InChI=1S/C21H26FNO2S/c1-3-5-13-21(4-2)15-26(24,25)19-12-7-6-11-18(19)20(23-21)16-9-8-10-17(22)14-16/h6-12,14,20,23H,3-5,13,15H2,1-2H3. The first-order chi connectivity index (χ1) is 12.4. The molecular formula is C21H26FNO2S. The minimum absolute atomic E-state index is 0.0688. The van der Waals surface area contributed by atoms with Gasteiger partial charge in [-0.1, -0.05) is 57.0 Å². The van der Waals surface area contributed by atoms with Crippen LogP contribution in [0.15, 0.2) is 53.4 Å². The minimum Gasteiger partial charge on any atom is -0.300 e. The lowest BCUT2D eigenvalue weighted by Gasteiger charge is -2.35. The average Bonchev–Trinajstić information content (AvgIpc) is 2.73. The lowest BCUT2D eigenvalue weighted by molar-refractivity contribution is 0.294. The van der Waals surface area contributed by atoms with Crippen LogP contribution in [-0.2, 0) is 9.84 Å². The summed E-state index contributed by atoms with van der Waals surface area (Å²) >= 11 is 0. The fourth-order valence-electron chi connectivity index (χ4n) is 3.86. The molecule has 140 valence electrons. The number of benzene rings is 2.